The molecule has 0 aliphatic heterocycles. The van der Waals surface area contributed by atoms with E-state index in [4.69, 9.17) is 0 Å². The molecule has 0 amide bonds. The van der Waals surface area contributed by atoms with Gasteiger partial charge in [-0.15, -0.1) is 0 Å². The Morgan fingerprint density at radius 2 is 0.725 bits per heavy atom. The fourth-order valence-electron chi connectivity index (χ4n) is 6.64. The molecule has 0 radical (unpaired) electrons. The SMILES string of the molecule is CCCC(c1ccc(C)c(O)c1C(C)(C)C)(c1ccc(C)c(O)c1C(C)(C)C)c1ccc(C)c(O)c1C(C)(C)C. The Bertz CT molecular complexity index is 1240. The van der Waals surface area contributed by atoms with Gasteiger partial charge < -0.3 is 15.3 Å². The van der Waals surface area contributed by atoms with Crippen molar-refractivity contribution in [3.8, 4) is 17.2 Å². The highest BCUT2D eigenvalue weighted by molar-refractivity contribution is 5.67. The molecular formula is C37H52O3. The van der Waals surface area contributed by atoms with Gasteiger partial charge in [0.05, 0.1) is 0 Å². The first-order valence-electron chi connectivity index (χ1n) is 14.7. The molecule has 0 spiro atoms. The van der Waals surface area contributed by atoms with Gasteiger partial charge in [0.1, 0.15) is 17.2 Å². The summed E-state index contributed by atoms with van der Waals surface area (Å²) in [5, 5.41) is 35.1. The maximum atomic E-state index is 11.7. The lowest BCUT2D eigenvalue weighted by atomic mass is 9.58. The molecule has 40 heavy (non-hydrogen) atoms. The van der Waals surface area contributed by atoms with Crippen molar-refractivity contribution >= 4 is 0 Å². The van der Waals surface area contributed by atoms with E-state index in [1.807, 2.05) is 39.0 Å². The molecular weight excluding hydrogens is 492 g/mol. The van der Waals surface area contributed by atoms with Gasteiger partial charge in [-0.3, -0.25) is 0 Å². The number of hydrogen-bond donors (Lipinski definition) is 3. The Balaban J connectivity index is 2.83. The fraction of sp³-hybridized carbons (Fsp3) is 0.514. The number of phenolic OH excluding ortho intramolecular Hbond substituents is 3. The van der Waals surface area contributed by atoms with E-state index >= 15 is 0 Å². The average Bonchev–Trinajstić information content (AvgIpc) is 2.80. The van der Waals surface area contributed by atoms with Crippen molar-refractivity contribution in [2.24, 2.45) is 0 Å². The second-order valence-electron chi connectivity index (χ2n) is 14.9. The van der Waals surface area contributed by atoms with E-state index in [0.717, 1.165) is 62.9 Å². The second kappa shape index (κ2) is 10.5. The van der Waals surface area contributed by atoms with Crippen molar-refractivity contribution in [1.29, 1.82) is 0 Å². The molecule has 3 N–H and O–H groups in total. The molecule has 0 fully saturated rings. The van der Waals surface area contributed by atoms with Crippen molar-refractivity contribution in [1.82, 2.24) is 0 Å². The number of rotatable bonds is 5. The predicted molar refractivity (Wildman–Crippen MR) is 169 cm³/mol. The van der Waals surface area contributed by atoms with Gasteiger partial charge in [0.25, 0.3) is 0 Å². The van der Waals surface area contributed by atoms with Crippen molar-refractivity contribution in [3.63, 3.8) is 0 Å². The zero-order valence-electron chi connectivity index (χ0n) is 27.2. The zero-order valence-corrected chi connectivity index (χ0v) is 27.2. The molecule has 0 saturated heterocycles. The van der Waals surface area contributed by atoms with Crippen LogP contribution in [0.4, 0.5) is 0 Å². The predicted octanol–water partition coefficient (Wildman–Crippen LogP) is 9.76. The van der Waals surface area contributed by atoms with Crippen LogP contribution in [0.5, 0.6) is 17.2 Å². The van der Waals surface area contributed by atoms with Crippen LogP contribution in [0.15, 0.2) is 36.4 Å². The molecule has 0 atom stereocenters. The molecule has 0 aliphatic rings. The lowest BCUT2D eigenvalue weighted by Gasteiger charge is -2.45. The number of aromatic hydroxyl groups is 3. The maximum Gasteiger partial charge on any atom is 0.122 e. The van der Waals surface area contributed by atoms with Gasteiger partial charge in [0, 0.05) is 22.1 Å². The normalized spacial score (nSPS) is 13.1. The van der Waals surface area contributed by atoms with Gasteiger partial charge in [-0.2, -0.15) is 0 Å². The Kier molecular flexibility index (Phi) is 8.27. The van der Waals surface area contributed by atoms with Gasteiger partial charge in [0.2, 0.25) is 0 Å². The minimum absolute atomic E-state index is 0.313. The summed E-state index contributed by atoms with van der Waals surface area (Å²) >= 11 is 0. The van der Waals surface area contributed by atoms with Crippen LogP contribution in [0, 0.1) is 20.8 Å². The Labute approximate surface area is 243 Å². The highest BCUT2D eigenvalue weighted by Gasteiger charge is 2.46. The maximum absolute atomic E-state index is 11.7. The van der Waals surface area contributed by atoms with Crippen LogP contribution in [0.2, 0.25) is 0 Å². The van der Waals surface area contributed by atoms with Gasteiger partial charge in [-0.25, -0.2) is 0 Å². The van der Waals surface area contributed by atoms with Gasteiger partial charge in [-0.1, -0.05) is 112 Å². The van der Waals surface area contributed by atoms with E-state index in [0.29, 0.717) is 17.2 Å². The topological polar surface area (TPSA) is 60.7 Å². The van der Waals surface area contributed by atoms with Gasteiger partial charge in [0.15, 0.2) is 0 Å². The summed E-state index contributed by atoms with van der Waals surface area (Å²) in [7, 11) is 0. The summed E-state index contributed by atoms with van der Waals surface area (Å²) in [5.41, 5.74) is 6.42. The van der Waals surface area contributed by atoms with E-state index in [1.54, 1.807) is 0 Å². The lowest BCUT2D eigenvalue weighted by molar-refractivity contribution is 0.411. The molecule has 3 rings (SSSR count). The minimum atomic E-state index is -0.760. The van der Waals surface area contributed by atoms with Crippen LogP contribution in [-0.2, 0) is 21.7 Å². The van der Waals surface area contributed by atoms with Gasteiger partial charge >= 0.3 is 0 Å². The summed E-state index contributed by atoms with van der Waals surface area (Å²) < 4.78 is 0. The van der Waals surface area contributed by atoms with E-state index in [1.165, 1.54) is 0 Å². The molecule has 3 heteroatoms. The van der Waals surface area contributed by atoms with Crippen LogP contribution in [-0.4, -0.2) is 15.3 Å². The van der Waals surface area contributed by atoms with E-state index < -0.39 is 5.41 Å². The quantitative estimate of drug-likeness (QED) is 0.280. The van der Waals surface area contributed by atoms with Crippen molar-refractivity contribution < 1.29 is 15.3 Å². The largest absolute Gasteiger partial charge is 0.507 e. The molecule has 0 aliphatic carbocycles. The van der Waals surface area contributed by atoms with E-state index in [2.05, 4.69) is 87.4 Å². The fourth-order valence-corrected chi connectivity index (χ4v) is 6.64. The molecule has 0 unspecified atom stereocenters. The Hall–Kier alpha value is -2.94. The summed E-state index contributed by atoms with van der Waals surface area (Å²) in [4.78, 5) is 0. The summed E-state index contributed by atoms with van der Waals surface area (Å²) in [6.07, 6.45) is 1.59. The number of benzene rings is 3. The Morgan fingerprint density at radius 1 is 0.475 bits per heavy atom. The number of hydrogen-bond acceptors (Lipinski definition) is 3. The molecule has 0 heterocycles. The summed E-state index contributed by atoms with van der Waals surface area (Å²) in [6, 6.07) is 12.6. The number of aryl methyl sites for hydroxylation is 3. The van der Waals surface area contributed by atoms with Crippen molar-refractivity contribution in [2.75, 3.05) is 0 Å². The smallest absolute Gasteiger partial charge is 0.122 e. The lowest BCUT2D eigenvalue weighted by Crippen LogP contribution is -2.38. The van der Waals surface area contributed by atoms with Crippen molar-refractivity contribution in [2.45, 2.75) is 125 Å². The van der Waals surface area contributed by atoms with E-state index in [9.17, 15) is 15.3 Å². The van der Waals surface area contributed by atoms with Crippen LogP contribution in [0.1, 0.15) is 132 Å². The van der Waals surface area contributed by atoms with Gasteiger partial charge in [-0.05, 0) is 76.8 Å². The van der Waals surface area contributed by atoms with Crippen molar-refractivity contribution in [3.05, 3.63) is 86.5 Å². The molecule has 0 saturated carbocycles. The third-order valence-corrected chi connectivity index (χ3v) is 8.39. The van der Waals surface area contributed by atoms with Crippen LogP contribution in [0.25, 0.3) is 0 Å². The van der Waals surface area contributed by atoms with Crippen LogP contribution < -0.4 is 0 Å². The molecule has 218 valence electrons. The minimum Gasteiger partial charge on any atom is -0.507 e. The highest BCUT2D eigenvalue weighted by atomic mass is 16.3. The molecule has 3 aromatic rings. The second-order valence-corrected chi connectivity index (χ2v) is 14.9. The zero-order chi connectivity index (χ0) is 30.6. The third-order valence-electron chi connectivity index (χ3n) is 8.39. The van der Waals surface area contributed by atoms with E-state index in [-0.39, 0.29) is 16.2 Å². The molecule has 0 aromatic heterocycles. The Morgan fingerprint density at radius 3 is 0.925 bits per heavy atom. The van der Waals surface area contributed by atoms with Crippen LogP contribution >= 0.6 is 0 Å². The molecule has 0 bridgehead atoms. The average molecular weight is 545 g/mol. The molecule has 3 nitrogen and oxygen atoms in total. The molecule has 3 aromatic carbocycles. The summed E-state index contributed by atoms with van der Waals surface area (Å²) in [6.45, 7) is 27.4. The first-order valence-corrected chi connectivity index (χ1v) is 14.7. The third kappa shape index (κ3) is 5.24. The van der Waals surface area contributed by atoms with Crippen LogP contribution in [0.3, 0.4) is 0 Å². The standard InChI is InChI=1S/C37H52O3/c1-14-21-37(25-18-15-22(2)31(38)28(25)34(5,6)7,26-19-16-23(3)32(39)29(26)35(8,9)10)27-20-17-24(4)33(40)30(27)36(11,12)13/h15-20,38-40H,14,21H2,1-13H3. The highest BCUT2D eigenvalue weighted by Crippen LogP contribution is 2.56. The first-order chi connectivity index (χ1) is 18.2. The summed E-state index contributed by atoms with van der Waals surface area (Å²) in [5.74, 6) is 0.938. The monoisotopic (exact) mass is 544 g/mol. The first kappa shape index (κ1) is 31.6. The number of phenols is 3.